The predicted octanol–water partition coefficient (Wildman–Crippen LogP) is 2.62. The summed E-state index contributed by atoms with van der Waals surface area (Å²) in [6.07, 6.45) is 1.70. The van der Waals surface area contributed by atoms with Crippen molar-refractivity contribution in [3.63, 3.8) is 0 Å². The minimum atomic E-state index is 0. The van der Waals surface area contributed by atoms with Gasteiger partial charge >= 0.3 is 0 Å². The van der Waals surface area contributed by atoms with E-state index < -0.39 is 0 Å². The van der Waals surface area contributed by atoms with Gasteiger partial charge in [0.25, 0.3) is 0 Å². The van der Waals surface area contributed by atoms with Crippen molar-refractivity contribution >= 4 is 35.8 Å². The van der Waals surface area contributed by atoms with E-state index in [1.54, 1.807) is 0 Å². The number of rotatable bonds is 3. The number of nitrogens with one attached hydrogen (secondary N) is 1. The van der Waals surface area contributed by atoms with E-state index in [0.717, 1.165) is 30.7 Å². The number of carbonyl (C=O) groups is 1. The lowest BCUT2D eigenvalue weighted by Gasteiger charge is -2.29. The molecule has 148 valence electrons. The normalized spacial score (nSPS) is 18.2. The molecule has 1 amide bonds. The molecule has 6 nitrogen and oxygen atoms in total. The standard InChI is InChI=1S/C21H24N4O2.HI/c22-21(24-18-10-12-27-19-8-4-3-7-17(18)19)23-13-20(26)25-11-9-15-5-1-2-6-16(15)14-25;/h1-8,18H,9-14H2,(H3,22,23,24);1H. The van der Waals surface area contributed by atoms with Gasteiger partial charge in [0.05, 0.1) is 12.6 Å². The van der Waals surface area contributed by atoms with E-state index in [1.165, 1.54) is 11.1 Å². The number of nitrogens with zero attached hydrogens (tertiary/aromatic N) is 2. The Hall–Kier alpha value is -2.29. The molecule has 0 aliphatic carbocycles. The molecule has 1 atom stereocenters. The fourth-order valence-corrected chi connectivity index (χ4v) is 3.68. The van der Waals surface area contributed by atoms with E-state index in [9.17, 15) is 4.79 Å². The Kier molecular flexibility index (Phi) is 6.77. The molecule has 7 heteroatoms. The summed E-state index contributed by atoms with van der Waals surface area (Å²) in [4.78, 5) is 18.6. The first kappa shape index (κ1) is 20.4. The number of aliphatic imine (C=N–C) groups is 1. The second-order valence-electron chi connectivity index (χ2n) is 6.91. The first-order chi connectivity index (χ1) is 13.2. The molecule has 0 saturated heterocycles. The number of fused-ring (bicyclic) bond motifs is 2. The molecule has 0 bridgehead atoms. The predicted molar refractivity (Wildman–Crippen MR) is 120 cm³/mol. The van der Waals surface area contributed by atoms with Crippen LogP contribution in [-0.2, 0) is 17.8 Å². The molecule has 2 aromatic rings. The fraction of sp³-hybridized carbons (Fsp3) is 0.333. The Balaban J connectivity index is 0.00000225. The van der Waals surface area contributed by atoms with Gasteiger partial charge < -0.3 is 20.7 Å². The van der Waals surface area contributed by atoms with Crippen molar-refractivity contribution in [2.75, 3.05) is 19.7 Å². The third-order valence-electron chi connectivity index (χ3n) is 5.15. The largest absolute Gasteiger partial charge is 0.493 e. The van der Waals surface area contributed by atoms with Gasteiger partial charge in [0.1, 0.15) is 12.3 Å². The van der Waals surface area contributed by atoms with E-state index in [2.05, 4.69) is 22.4 Å². The first-order valence-electron chi connectivity index (χ1n) is 9.33. The maximum Gasteiger partial charge on any atom is 0.244 e. The molecule has 0 radical (unpaired) electrons. The van der Waals surface area contributed by atoms with Crippen LogP contribution in [0.15, 0.2) is 53.5 Å². The molecule has 2 aromatic carbocycles. The van der Waals surface area contributed by atoms with Gasteiger partial charge in [-0.25, -0.2) is 4.99 Å². The lowest BCUT2D eigenvalue weighted by molar-refractivity contribution is -0.130. The highest BCUT2D eigenvalue weighted by molar-refractivity contribution is 14.0. The van der Waals surface area contributed by atoms with E-state index in [1.807, 2.05) is 41.3 Å². The Labute approximate surface area is 182 Å². The number of benzene rings is 2. The quantitative estimate of drug-likeness (QED) is 0.393. The highest BCUT2D eigenvalue weighted by atomic mass is 127. The highest BCUT2D eigenvalue weighted by Gasteiger charge is 2.22. The fourth-order valence-electron chi connectivity index (χ4n) is 3.68. The summed E-state index contributed by atoms with van der Waals surface area (Å²) >= 11 is 0. The zero-order valence-electron chi connectivity index (χ0n) is 15.6. The van der Waals surface area contributed by atoms with Gasteiger partial charge in [-0.1, -0.05) is 42.5 Å². The second-order valence-corrected chi connectivity index (χ2v) is 6.91. The molecular weight excluding hydrogens is 467 g/mol. The van der Waals surface area contributed by atoms with Crippen molar-refractivity contribution in [2.45, 2.75) is 25.4 Å². The number of hydrogen-bond acceptors (Lipinski definition) is 3. The van der Waals surface area contributed by atoms with Crippen LogP contribution in [0.3, 0.4) is 0 Å². The van der Waals surface area contributed by atoms with E-state index in [4.69, 9.17) is 10.5 Å². The summed E-state index contributed by atoms with van der Waals surface area (Å²) in [6, 6.07) is 16.2. The molecule has 4 rings (SSSR count). The van der Waals surface area contributed by atoms with Crippen LogP contribution in [0.25, 0.3) is 0 Å². The number of hydrogen-bond donors (Lipinski definition) is 2. The van der Waals surface area contributed by atoms with Crippen molar-refractivity contribution in [3.05, 3.63) is 65.2 Å². The summed E-state index contributed by atoms with van der Waals surface area (Å²) in [6.45, 7) is 2.07. The van der Waals surface area contributed by atoms with Crippen molar-refractivity contribution in [1.82, 2.24) is 10.2 Å². The van der Waals surface area contributed by atoms with Crippen molar-refractivity contribution in [2.24, 2.45) is 10.7 Å². The Bertz CT molecular complexity index is 871. The topological polar surface area (TPSA) is 80.0 Å². The van der Waals surface area contributed by atoms with Gasteiger partial charge in [0.2, 0.25) is 5.91 Å². The summed E-state index contributed by atoms with van der Waals surface area (Å²) in [5.74, 6) is 1.17. The van der Waals surface area contributed by atoms with Crippen molar-refractivity contribution in [1.29, 1.82) is 0 Å². The number of carbonyl (C=O) groups excluding carboxylic acids is 1. The summed E-state index contributed by atoms with van der Waals surface area (Å²) in [5.41, 5.74) is 9.65. The number of halogens is 1. The third-order valence-corrected chi connectivity index (χ3v) is 5.15. The van der Waals surface area contributed by atoms with Crippen LogP contribution in [-0.4, -0.2) is 36.5 Å². The average molecular weight is 492 g/mol. The number of amides is 1. The Morgan fingerprint density at radius 3 is 2.79 bits per heavy atom. The maximum atomic E-state index is 12.5. The first-order valence-corrected chi connectivity index (χ1v) is 9.33. The smallest absolute Gasteiger partial charge is 0.244 e. The zero-order chi connectivity index (χ0) is 18.6. The second kappa shape index (κ2) is 9.27. The number of para-hydroxylation sites is 1. The van der Waals surface area contributed by atoms with Crippen LogP contribution in [0.5, 0.6) is 5.75 Å². The van der Waals surface area contributed by atoms with Crippen molar-refractivity contribution < 1.29 is 9.53 Å². The Morgan fingerprint density at radius 2 is 1.93 bits per heavy atom. The van der Waals surface area contributed by atoms with Crippen molar-refractivity contribution in [3.8, 4) is 5.75 Å². The van der Waals surface area contributed by atoms with Crippen LogP contribution in [0.4, 0.5) is 0 Å². The average Bonchev–Trinajstić information content (AvgIpc) is 2.72. The summed E-state index contributed by atoms with van der Waals surface area (Å²) in [7, 11) is 0. The molecular formula is C21H25IN4O2. The molecule has 2 aliphatic heterocycles. The van der Waals surface area contributed by atoms with Crippen LogP contribution >= 0.6 is 24.0 Å². The summed E-state index contributed by atoms with van der Waals surface area (Å²) in [5, 5.41) is 3.23. The molecule has 0 fully saturated rings. The molecule has 0 aromatic heterocycles. The lowest BCUT2D eigenvalue weighted by atomic mass is 10.00. The minimum absolute atomic E-state index is 0. The van der Waals surface area contributed by atoms with Crippen LogP contribution < -0.4 is 15.8 Å². The van der Waals surface area contributed by atoms with Gasteiger partial charge in [0, 0.05) is 25.1 Å². The molecule has 1 unspecified atom stereocenters. The Morgan fingerprint density at radius 1 is 1.18 bits per heavy atom. The molecule has 0 saturated carbocycles. The van der Waals surface area contributed by atoms with Gasteiger partial charge in [-0.05, 0) is 23.6 Å². The lowest BCUT2D eigenvalue weighted by Crippen LogP contribution is -2.40. The van der Waals surface area contributed by atoms with Crippen LogP contribution in [0.2, 0.25) is 0 Å². The van der Waals surface area contributed by atoms with E-state index in [0.29, 0.717) is 19.1 Å². The minimum Gasteiger partial charge on any atom is -0.493 e. The molecule has 0 spiro atoms. The molecule has 2 heterocycles. The van der Waals surface area contributed by atoms with Crippen LogP contribution in [0, 0.1) is 0 Å². The van der Waals surface area contributed by atoms with Gasteiger partial charge in [-0.15, -0.1) is 24.0 Å². The SMILES string of the molecule is I.NC(=NCC(=O)N1CCc2ccccc2C1)NC1CCOc2ccccc21. The molecule has 28 heavy (non-hydrogen) atoms. The zero-order valence-corrected chi connectivity index (χ0v) is 18.0. The number of nitrogens with two attached hydrogens (primary N) is 1. The monoisotopic (exact) mass is 492 g/mol. The number of ether oxygens (including phenoxy) is 1. The van der Waals surface area contributed by atoms with Gasteiger partial charge in [0.15, 0.2) is 5.96 Å². The molecule has 3 N–H and O–H groups in total. The highest BCUT2D eigenvalue weighted by Crippen LogP contribution is 2.31. The van der Waals surface area contributed by atoms with Crippen LogP contribution in [0.1, 0.15) is 29.2 Å². The van der Waals surface area contributed by atoms with Gasteiger partial charge in [-0.2, -0.15) is 0 Å². The van der Waals surface area contributed by atoms with E-state index in [-0.39, 0.29) is 42.5 Å². The summed E-state index contributed by atoms with van der Waals surface area (Å²) < 4.78 is 5.66. The third kappa shape index (κ3) is 4.57. The van der Waals surface area contributed by atoms with E-state index >= 15 is 0 Å². The van der Waals surface area contributed by atoms with Gasteiger partial charge in [-0.3, -0.25) is 4.79 Å². The molecule has 2 aliphatic rings. The maximum absolute atomic E-state index is 12.5. The number of guanidine groups is 1.